The number of hydrogen-bond donors (Lipinski definition) is 1. The smallest absolute Gasteiger partial charge is 0.244 e. The van der Waals surface area contributed by atoms with Gasteiger partial charge in [0.2, 0.25) is 15.9 Å². The predicted molar refractivity (Wildman–Crippen MR) is 118 cm³/mol. The lowest BCUT2D eigenvalue weighted by atomic mass is 10.2. The van der Waals surface area contributed by atoms with E-state index in [0.717, 1.165) is 17.2 Å². The van der Waals surface area contributed by atoms with Crippen molar-refractivity contribution in [3.05, 3.63) is 46.4 Å². The molecule has 1 aliphatic heterocycles. The van der Waals surface area contributed by atoms with Gasteiger partial charge in [-0.25, -0.2) is 8.42 Å². The van der Waals surface area contributed by atoms with Crippen molar-refractivity contribution in [1.29, 1.82) is 0 Å². The van der Waals surface area contributed by atoms with Crippen LogP contribution in [-0.4, -0.2) is 65.0 Å². The van der Waals surface area contributed by atoms with Crippen molar-refractivity contribution in [2.45, 2.75) is 4.90 Å². The monoisotopic (exact) mass is 485 g/mol. The minimum absolute atomic E-state index is 0.00664. The fourth-order valence-electron chi connectivity index (χ4n) is 3.25. The summed E-state index contributed by atoms with van der Waals surface area (Å²) in [4.78, 5) is 14.4. The average Bonchev–Trinajstić information content (AvgIpc) is 3.20. The Kier molecular flexibility index (Phi) is 6.24. The Labute approximate surface area is 187 Å². The van der Waals surface area contributed by atoms with Crippen LogP contribution in [0.25, 0.3) is 11.0 Å². The first kappa shape index (κ1) is 21.4. The van der Waals surface area contributed by atoms with Crippen LogP contribution < -0.4 is 5.32 Å². The molecule has 0 spiro atoms. The van der Waals surface area contributed by atoms with E-state index >= 15 is 0 Å². The Balaban J connectivity index is 1.37. The summed E-state index contributed by atoms with van der Waals surface area (Å²) in [5.74, 6) is -0.190. The zero-order chi connectivity index (χ0) is 21.3. The fraction of sp³-hybridized carbons (Fsp3) is 0.278. The molecular formula is C18H17Cl2N5O3S2. The van der Waals surface area contributed by atoms with Crippen LogP contribution in [0.5, 0.6) is 0 Å². The third-order valence-corrected chi connectivity index (χ3v) is 8.21. The number of nitrogens with zero attached hydrogens (tertiary/aromatic N) is 4. The molecule has 0 unspecified atom stereocenters. The number of piperazine rings is 1. The summed E-state index contributed by atoms with van der Waals surface area (Å²) in [5, 5.41) is 3.07. The minimum atomic E-state index is -3.76. The van der Waals surface area contributed by atoms with E-state index < -0.39 is 10.0 Å². The van der Waals surface area contributed by atoms with Crippen LogP contribution in [0.3, 0.4) is 0 Å². The fourth-order valence-corrected chi connectivity index (χ4v) is 5.96. The number of hydrogen-bond acceptors (Lipinski definition) is 7. The molecule has 1 N–H and O–H groups in total. The van der Waals surface area contributed by atoms with E-state index in [2.05, 4.69) is 14.1 Å². The van der Waals surface area contributed by atoms with Gasteiger partial charge in [0.1, 0.15) is 15.9 Å². The second kappa shape index (κ2) is 8.74. The maximum absolute atomic E-state index is 12.9. The van der Waals surface area contributed by atoms with Crippen molar-refractivity contribution in [2.24, 2.45) is 0 Å². The molecule has 158 valence electrons. The highest BCUT2D eigenvalue weighted by molar-refractivity contribution is 7.89. The molecule has 1 saturated heterocycles. The van der Waals surface area contributed by atoms with Gasteiger partial charge in [-0.3, -0.25) is 9.69 Å². The zero-order valence-electron chi connectivity index (χ0n) is 15.6. The number of anilines is 1. The maximum atomic E-state index is 12.9. The van der Waals surface area contributed by atoms with E-state index in [1.54, 1.807) is 18.2 Å². The molecule has 0 radical (unpaired) electrons. The summed E-state index contributed by atoms with van der Waals surface area (Å²) in [6, 6.07) is 9.96. The standard InChI is InChI=1S/C18H17Cl2N5O3S2/c19-12-3-1-6-15(17(12)20)30(27,28)25-9-7-24(8-10-25)11-16(26)21-13-4-2-5-14-18(13)23-29-22-14/h1-6H,7-11H2,(H,21,26). The summed E-state index contributed by atoms with van der Waals surface area (Å²) in [6.07, 6.45) is 0. The average molecular weight is 486 g/mol. The highest BCUT2D eigenvalue weighted by Crippen LogP contribution is 2.31. The lowest BCUT2D eigenvalue weighted by molar-refractivity contribution is -0.117. The number of benzene rings is 2. The number of carbonyl (C=O) groups is 1. The first-order chi connectivity index (χ1) is 14.4. The maximum Gasteiger partial charge on any atom is 0.244 e. The normalized spacial score (nSPS) is 16.1. The minimum Gasteiger partial charge on any atom is -0.323 e. The molecule has 0 aliphatic carbocycles. The molecule has 1 aliphatic rings. The summed E-state index contributed by atoms with van der Waals surface area (Å²) in [5.41, 5.74) is 2.00. The number of sulfonamides is 1. The van der Waals surface area contributed by atoms with E-state index in [9.17, 15) is 13.2 Å². The van der Waals surface area contributed by atoms with Crippen LogP contribution in [0.2, 0.25) is 10.0 Å². The van der Waals surface area contributed by atoms with Gasteiger partial charge in [0.25, 0.3) is 0 Å². The van der Waals surface area contributed by atoms with Gasteiger partial charge in [-0.1, -0.05) is 35.3 Å². The Hall–Kier alpha value is -1.82. The van der Waals surface area contributed by atoms with E-state index in [1.807, 2.05) is 17.0 Å². The molecule has 2 heterocycles. The van der Waals surface area contributed by atoms with Gasteiger partial charge in [-0.15, -0.1) is 0 Å². The second-order valence-electron chi connectivity index (χ2n) is 6.72. The topological polar surface area (TPSA) is 95.5 Å². The van der Waals surface area contributed by atoms with Gasteiger partial charge in [0.15, 0.2) is 0 Å². The molecule has 0 saturated carbocycles. The van der Waals surface area contributed by atoms with Gasteiger partial charge in [-0.05, 0) is 24.3 Å². The van der Waals surface area contributed by atoms with E-state index in [-0.39, 0.29) is 40.5 Å². The predicted octanol–water partition coefficient (Wildman–Crippen LogP) is 2.94. The second-order valence-corrected chi connectivity index (χ2v) is 9.94. The molecule has 1 amide bonds. The van der Waals surface area contributed by atoms with Gasteiger partial charge >= 0.3 is 0 Å². The number of amides is 1. The van der Waals surface area contributed by atoms with Gasteiger partial charge in [-0.2, -0.15) is 13.1 Å². The van der Waals surface area contributed by atoms with Crippen LogP contribution in [0.15, 0.2) is 41.3 Å². The SMILES string of the molecule is O=C(CN1CCN(S(=O)(=O)c2cccc(Cl)c2Cl)CC1)Nc1cccc2nsnc12. The van der Waals surface area contributed by atoms with Crippen LogP contribution in [-0.2, 0) is 14.8 Å². The van der Waals surface area contributed by atoms with Gasteiger partial charge < -0.3 is 5.32 Å². The van der Waals surface area contributed by atoms with Crippen molar-refractivity contribution < 1.29 is 13.2 Å². The van der Waals surface area contributed by atoms with Gasteiger partial charge in [0, 0.05) is 26.2 Å². The first-order valence-electron chi connectivity index (χ1n) is 9.04. The molecule has 8 nitrogen and oxygen atoms in total. The van der Waals surface area contributed by atoms with E-state index in [0.29, 0.717) is 24.3 Å². The van der Waals surface area contributed by atoms with Crippen LogP contribution in [0.1, 0.15) is 0 Å². The van der Waals surface area contributed by atoms with Crippen LogP contribution >= 0.6 is 34.9 Å². The number of rotatable bonds is 5. The Morgan fingerprint density at radius 2 is 1.80 bits per heavy atom. The molecule has 0 bridgehead atoms. The van der Waals surface area contributed by atoms with E-state index in [1.165, 1.54) is 10.4 Å². The summed E-state index contributed by atoms with van der Waals surface area (Å²) in [6.45, 7) is 1.51. The molecule has 1 fully saturated rings. The highest BCUT2D eigenvalue weighted by Gasteiger charge is 2.31. The van der Waals surface area contributed by atoms with Crippen molar-refractivity contribution in [1.82, 2.24) is 18.0 Å². The lowest BCUT2D eigenvalue weighted by Crippen LogP contribution is -2.50. The van der Waals surface area contributed by atoms with Gasteiger partial charge in [0.05, 0.1) is 34.0 Å². The van der Waals surface area contributed by atoms with E-state index in [4.69, 9.17) is 23.2 Å². The summed E-state index contributed by atoms with van der Waals surface area (Å²) < 4.78 is 35.5. The third kappa shape index (κ3) is 4.29. The molecule has 0 atom stereocenters. The number of nitrogens with one attached hydrogen (secondary N) is 1. The molecule has 3 aromatic rings. The molecule has 2 aromatic carbocycles. The number of fused-ring (bicyclic) bond motifs is 1. The number of halogens is 2. The third-order valence-electron chi connectivity index (χ3n) is 4.79. The Morgan fingerprint density at radius 3 is 2.57 bits per heavy atom. The van der Waals surface area contributed by atoms with Crippen LogP contribution in [0, 0.1) is 0 Å². The summed E-state index contributed by atoms with van der Waals surface area (Å²) in [7, 11) is -3.76. The van der Waals surface area contributed by atoms with Crippen molar-refractivity contribution >= 4 is 67.6 Å². The van der Waals surface area contributed by atoms with Crippen molar-refractivity contribution in [3.63, 3.8) is 0 Å². The Morgan fingerprint density at radius 1 is 1.07 bits per heavy atom. The molecule has 1 aromatic heterocycles. The molecule has 30 heavy (non-hydrogen) atoms. The summed E-state index contributed by atoms with van der Waals surface area (Å²) >= 11 is 13.1. The van der Waals surface area contributed by atoms with Crippen molar-refractivity contribution in [2.75, 3.05) is 38.0 Å². The largest absolute Gasteiger partial charge is 0.323 e. The molecule has 12 heteroatoms. The molecular weight excluding hydrogens is 469 g/mol. The van der Waals surface area contributed by atoms with Crippen molar-refractivity contribution in [3.8, 4) is 0 Å². The first-order valence-corrected chi connectivity index (χ1v) is 12.0. The van der Waals surface area contributed by atoms with Crippen LogP contribution in [0.4, 0.5) is 5.69 Å². The number of carbonyl (C=O) groups excluding carboxylic acids is 1. The quantitative estimate of drug-likeness (QED) is 0.596. The zero-order valence-corrected chi connectivity index (χ0v) is 18.7. The lowest BCUT2D eigenvalue weighted by Gasteiger charge is -2.33. The molecule has 4 rings (SSSR count). The number of aromatic nitrogens is 2. The Bertz CT molecular complexity index is 1190. The highest BCUT2D eigenvalue weighted by atomic mass is 35.5.